The van der Waals surface area contributed by atoms with Gasteiger partial charge >= 0.3 is 0 Å². The molecule has 7 nitrogen and oxygen atoms in total. The van der Waals surface area contributed by atoms with E-state index in [0.29, 0.717) is 18.5 Å². The van der Waals surface area contributed by atoms with E-state index in [4.69, 9.17) is 10.5 Å². The van der Waals surface area contributed by atoms with Gasteiger partial charge in [-0.25, -0.2) is 0 Å². The van der Waals surface area contributed by atoms with Crippen LogP contribution in [-0.4, -0.2) is 47.3 Å². The molecule has 0 bridgehead atoms. The Hall–Kier alpha value is -1.63. The molecule has 2 rings (SSSR count). The van der Waals surface area contributed by atoms with Gasteiger partial charge in [0.2, 0.25) is 17.8 Å². The van der Waals surface area contributed by atoms with Crippen LogP contribution in [-0.2, 0) is 4.74 Å². The number of nitrogens with zero attached hydrogens (tertiary/aromatic N) is 4. The molecule has 1 aliphatic rings. The van der Waals surface area contributed by atoms with E-state index >= 15 is 0 Å². The Balaban J connectivity index is 2.11. The largest absolute Gasteiger partial charge is 0.379 e. The quantitative estimate of drug-likeness (QED) is 0.818. The molecule has 3 N–H and O–H groups in total. The molecular weight excluding hydrogens is 244 g/mol. The number of nitrogens with one attached hydrogen (secondary N) is 1. The molecule has 7 heteroatoms. The van der Waals surface area contributed by atoms with E-state index in [1.807, 2.05) is 4.90 Å². The Labute approximate surface area is 113 Å². The van der Waals surface area contributed by atoms with Gasteiger partial charge in [0.1, 0.15) is 0 Å². The molecule has 1 unspecified atom stereocenters. The normalized spacial score (nSPS) is 19.2. The first-order valence-electron chi connectivity index (χ1n) is 6.83. The van der Waals surface area contributed by atoms with Crippen LogP contribution in [0.2, 0.25) is 0 Å². The summed E-state index contributed by atoms with van der Waals surface area (Å²) in [7, 11) is 0. The Morgan fingerprint density at radius 2 is 2.11 bits per heavy atom. The molecule has 0 aromatic carbocycles. The third kappa shape index (κ3) is 3.66. The van der Waals surface area contributed by atoms with Gasteiger partial charge in [-0.1, -0.05) is 0 Å². The molecule has 1 aromatic rings. The molecule has 0 spiro atoms. The fourth-order valence-electron chi connectivity index (χ4n) is 2.13. The van der Waals surface area contributed by atoms with E-state index in [1.165, 1.54) is 0 Å². The minimum absolute atomic E-state index is 0.246. The monoisotopic (exact) mass is 266 g/mol. The van der Waals surface area contributed by atoms with Gasteiger partial charge in [0.05, 0.1) is 12.6 Å². The third-order valence-electron chi connectivity index (χ3n) is 3.18. The van der Waals surface area contributed by atoms with E-state index in [9.17, 15) is 0 Å². The van der Waals surface area contributed by atoms with Crippen LogP contribution < -0.4 is 16.0 Å². The number of rotatable bonds is 5. The van der Waals surface area contributed by atoms with Gasteiger partial charge in [-0.05, 0) is 26.7 Å². The van der Waals surface area contributed by atoms with Crippen molar-refractivity contribution in [3.05, 3.63) is 0 Å². The van der Waals surface area contributed by atoms with Gasteiger partial charge in [0.15, 0.2) is 0 Å². The van der Waals surface area contributed by atoms with Crippen molar-refractivity contribution in [2.24, 2.45) is 0 Å². The predicted octanol–water partition coefficient (Wildman–Crippen LogP) is 0.891. The fourth-order valence-corrected chi connectivity index (χ4v) is 2.13. The summed E-state index contributed by atoms with van der Waals surface area (Å²) in [4.78, 5) is 14.8. The summed E-state index contributed by atoms with van der Waals surface area (Å²) in [6, 6.07) is 0.250. The van der Waals surface area contributed by atoms with Crippen molar-refractivity contribution in [3.8, 4) is 0 Å². The van der Waals surface area contributed by atoms with Crippen LogP contribution in [0.15, 0.2) is 0 Å². The smallest absolute Gasteiger partial charge is 0.231 e. The summed E-state index contributed by atoms with van der Waals surface area (Å²) in [5.74, 6) is 1.40. The molecule has 0 radical (unpaired) electrons. The molecular formula is C12H22N6O. The predicted molar refractivity (Wildman–Crippen MR) is 75.3 cm³/mol. The van der Waals surface area contributed by atoms with Gasteiger partial charge < -0.3 is 20.7 Å². The van der Waals surface area contributed by atoms with Gasteiger partial charge in [-0.15, -0.1) is 0 Å². The molecule has 19 heavy (non-hydrogen) atoms. The summed E-state index contributed by atoms with van der Waals surface area (Å²) in [5.41, 5.74) is 5.75. The van der Waals surface area contributed by atoms with Crippen LogP contribution >= 0.6 is 0 Å². The van der Waals surface area contributed by atoms with E-state index in [1.54, 1.807) is 0 Å². The summed E-state index contributed by atoms with van der Waals surface area (Å²) in [6.45, 7) is 7.32. The fraction of sp³-hybridized carbons (Fsp3) is 0.750. The molecule has 0 aliphatic carbocycles. The molecule has 0 saturated carbocycles. The number of nitrogen functional groups attached to an aromatic ring is 1. The van der Waals surface area contributed by atoms with Crippen LogP contribution in [0.3, 0.4) is 0 Å². The van der Waals surface area contributed by atoms with Gasteiger partial charge in [-0.2, -0.15) is 15.0 Å². The summed E-state index contributed by atoms with van der Waals surface area (Å²) < 4.78 is 5.43. The summed E-state index contributed by atoms with van der Waals surface area (Å²) in [6.07, 6.45) is 2.12. The van der Waals surface area contributed by atoms with E-state index < -0.39 is 0 Å². The second-order valence-corrected chi connectivity index (χ2v) is 4.55. The highest BCUT2D eigenvalue weighted by Gasteiger charge is 2.16. The van der Waals surface area contributed by atoms with Gasteiger partial charge in [0.25, 0.3) is 0 Å². The highest BCUT2D eigenvalue weighted by molar-refractivity contribution is 5.42. The molecule has 0 amide bonds. The first kappa shape index (κ1) is 13.8. The number of nitrogens with two attached hydrogens (primary N) is 1. The van der Waals surface area contributed by atoms with Crippen molar-refractivity contribution in [1.29, 1.82) is 0 Å². The van der Waals surface area contributed by atoms with Crippen LogP contribution in [0.4, 0.5) is 17.8 Å². The highest BCUT2D eigenvalue weighted by atomic mass is 16.5. The first-order chi connectivity index (χ1) is 9.22. The van der Waals surface area contributed by atoms with E-state index in [0.717, 1.165) is 32.5 Å². The lowest BCUT2D eigenvalue weighted by molar-refractivity contribution is 0.0874. The number of anilines is 3. The third-order valence-corrected chi connectivity index (χ3v) is 3.18. The average molecular weight is 266 g/mol. The molecule has 106 valence electrons. The van der Waals surface area contributed by atoms with Crippen molar-refractivity contribution >= 4 is 17.8 Å². The Morgan fingerprint density at radius 1 is 1.32 bits per heavy atom. The molecule has 1 fully saturated rings. The summed E-state index contributed by atoms with van der Waals surface area (Å²) >= 11 is 0. The van der Waals surface area contributed by atoms with Crippen molar-refractivity contribution in [3.63, 3.8) is 0 Å². The summed E-state index contributed by atoms with van der Waals surface area (Å²) in [5, 5.41) is 3.27. The minimum Gasteiger partial charge on any atom is -0.379 e. The number of ether oxygens (including phenoxy) is 1. The van der Waals surface area contributed by atoms with Gasteiger partial charge in [-0.3, -0.25) is 0 Å². The lowest BCUT2D eigenvalue weighted by Gasteiger charge is -2.24. The molecule has 2 heterocycles. The standard InChI is InChI=1S/C12H22N6O/c1-3-18(4-2)12-16-10(13)15-11(17-12)14-9-6-5-7-19-8-9/h9H,3-8H2,1-2H3,(H3,13,14,15,16,17). The minimum atomic E-state index is 0.246. The molecule has 1 atom stereocenters. The molecule has 1 saturated heterocycles. The first-order valence-corrected chi connectivity index (χ1v) is 6.83. The van der Waals surface area contributed by atoms with Crippen molar-refractivity contribution in [1.82, 2.24) is 15.0 Å². The van der Waals surface area contributed by atoms with Crippen LogP contribution in [0.5, 0.6) is 0 Å². The number of hydrogen-bond acceptors (Lipinski definition) is 7. The lowest BCUT2D eigenvalue weighted by Crippen LogP contribution is -2.31. The molecule has 1 aliphatic heterocycles. The van der Waals surface area contributed by atoms with Crippen LogP contribution in [0.25, 0.3) is 0 Å². The average Bonchev–Trinajstić information content (AvgIpc) is 2.40. The lowest BCUT2D eigenvalue weighted by atomic mass is 10.1. The zero-order chi connectivity index (χ0) is 13.7. The van der Waals surface area contributed by atoms with Crippen molar-refractivity contribution < 1.29 is 4.74 Å². The van der Waals surface area contributed by atoms with Crippen LogP contribution in [0, 0.1) is 0 Å². The Kier molecular flexibility index (Phi) is 4.73. The maximum atomic E-state index is 5.75. The maximum Gasteiger partial charge on any atom is 0.231 e. The second kappa shape index (κ2) is 6.51. The Morgan fingerprint density at radius 3 is 2.74 bits per heavy atom. The SMILES string of the molecule is CCN(CC)c1nc(N)nc(NC2CCCOC2)n1. The van der Waals surface area contributed by atoms with E-state index in [2.05, 4.69) is 34.1 Å². The van der Waals surface area contributed by atoms with Crippen molar-refractivity contribution in [2.45, 2.75) is 32.7 Å². The second-order valence-electron chi connectivity index (χ2n) is 4.55. The number of hydrogen-bond donors (Lipinski definition) is 2. The maximum absolute atomic E-state index is 5.75. The van der Waals surface area contributed by atoms with Crippen LogP contribution in [0.1, 0.15) is 26.7 Å². The zero-order valence-electron chi connectivity index (χ0n) is 11.6. The highest BCUT2D eigenvalue weighted by Crippen LogP contribution is 2.15. The topological polar surface area (TPSA) is 89.2 Å². The number of aromatic nitrogens is 3. The molecule has 1 aromatic heterocycles. The Bertz CT molecular complexity index is 403. The van der Waals surface area contributed by atoms with Gasteiger partial charge in [0, 0.05) is 19.7 Å². The van der Waals surface area contributed by atoms with Crippen molar-refractivity contribution in [2.75, 3.05) is 42.3 Å². The zero-order valence-corrected chi connectivity index (χ0v) is 11.6. The van der Waals surface area contributed by atoms with E-state index in [-0.39, 0.29) is 12.0 Å².